The first-order valence-electron chi connectivity index (χ1n) is 8.17. The maximum atomic E-state index is 5.66. The number of imidazole rings is 1. The van der Waals surface area contributed by atoms with Crippen LogP contribution in [0, 0.1) is 0 Å². The van der Waals surface area contributed by atoms with E-state index in [2.05, 4.69) is 27.9 Å². The highest BCUT2D eigenvalue weighted by atomic mass is 16.5. The summed E-state index contributed by atoms with van der Waals surface area (Å²) in [4.78, 5) is 4.64. The highest BCUT2D eigenvalue weighted by molar-refractivity contribution is 5.67. The van der Waals surface area contributed by atoms with Crippen molar-refractivity contribution in [3.05, 3.63) is 35.7 Å². The van der Waals surface area contributed by atoms with Crippen molar-refractivity contribution >= 4 is 0 Å². The van der Waals surface area contributed by atoms with E-state index < -0.39 is 0 Å². The number of hydrogen-bond acceptors (Lipinski definition) is 3. The van der Waals surface area contributed by atoms with Crippen LogP contribution >= 0.6 is 0 Å². The third-order valence-electron chi connectivity index (χ3n) is 4.91. The maximum Gasteiger partial charge on any atom is 0.143 e. The fourth-order valence-electron chi connectivity index (χ4n) is 3.72. The number of ether oxygens (including phenoxy) is 2. The van der Waals surface area contributed by atoms with Crippen LogP contribution in [0.1, 0.15) is 36.4 Å². The van der Waals surface area contributed by atoms with Crippen LogP contribution in [0.25, 0.3) is 11.4 Å². The fraction of sp³-hybridized carbons (Fsp3) is 0.500. The monoisotopic (exact) mass is 298 g/mol. The van der Waals surface area contributed by atoms with Gasteiger partial charge in [-0.25, -0.2) is 4.98 Å². The Morgan fingerprint density at radius 1 is 1.18 bits per heavy atom. The predicted octanol–water partition coefficient (Wildman–Crippen LogP) is 3.40. The van der Waals surface area contributed by atoms with E-state index in [1.165, 1.54) is 30.4 Å². The molecule has 4 rings (SSSR count). The molecule has 0 bridgehead atoms. The van der Waals surface area contributed by atoms with Crippen molar-refractivity contribution < 1.29 is 9.47 Å². The predicted molar refractivity (Wildman–Crippen MR) is 85.3 cm³/mol. The summed E-state index contributed by atoms with van der Waals surface area (Å²) in [5.74, 6) is 1.97. The van der Waals surface area contributed by atoms with Crippen molar-refractivity contribution in [3.63, 3.8) is 0 Å². The van der Waals surface area contributed by atoms with Gasteiger partial charge in [0.05, 0.1) is 12.7 Å². The van der Waals surface area contributed by atoms with Gasteiger partial charge in [-0.1, -0.05) is 0 Å². The number of benzene rings is 1. The van der Waals surface area contributed by atoms with E-state index in [0.29, 0.717) is 6.04 Å². The Labute approximate surface area is 131 Å². The second-order valence-corrected chi connectivity index (χ2v) is 6.18. The summed E-state index contributed by atoms with van der Waals surface area (Å²) >= 11 is 0. The van der Waals surface area contributed by atoms with Crippen LogP contribution < -0.4 is 4.74 Å². The minimum Gasteiger partial charge on any atom is -0.496 e. The number of aryl methyl sites for hydroxylation is 2. The first-order chi connectivity index (χ1) is 10.9. The first kappa shape index (κ1) is 13.8. The summed E-state index contributed by atoms with van der Waals surface area (Å²) in [5, 5.41) is 0. The minimum atomic E-state index is 0.476. The molecule has 4 nitrogen and oxygen atoms in total. The summed E-state index contributed by atoms with van der Waals surface area (Å²) in [6, 6.07) is 4.98. The van der Waals surface area contributed by atoms with E-state index in [4.69, 9.17) is 9.47 Å². The zero-order valence-corrected chi connectivity index (χ0v) is 13.0. The summed E-state index contributed by atoms with van der Waals surface area (Å²) in [7, 11) is 1.75. The number of rotatable bonds is 3. The maximum absolute atomic E-state index is 5.66. The molecule has 0 unspecified atom stereocenters. The molecule has 1 aliphatic carbocycles. The number of nitrogens with zero attached hydrogens (tertiary/aromatic N) is 2. The number of fused-ring (bicyclic) bond motifs is 1. The average Bonchev–Trinajstić information content (AvgIpc) is 3.22. The highest BCUT2D eigenvalue weighted by Gasteiger charge is 2.22. The zero-order valence-electron chi connectivity index (χ0n) is 13.0. The molecule has 0 radical (unpaired) electrons. The molecule has 1 fully saturated rings. The molecular formula is C18H22N2O2. The molecule has 0 spiro atoms. The number of hydrogen-bond donors (Lipinski definition) is 0. The van der Waals surface area contributed by atoms with Crippen molar-refractivity contribution in [3.8, 4) is 17.1 Å². The molecule has 2 aliphatic rings. The Morgan fingerprint density at radius 3 is 2.73 bits per heavy atom. The molecule has 22 heavy (non-hydrogen) atoms. The lowest BCUT2D eigenvalue weighted by Crippen LogP contribution is -2.19. The highest BCUT2D eigenvalue weighted by Crippen LogP contribution is 2.37. The molecule has 1 saturated heterocycles. The lowest BCUT2D eigenvalue weighted by molar-refractivity contribution is 0.0700. The van der Waals surface area contributed by atoms with Crippen LogP contribution in [-0.2, 0) is 17.6 Å². The van der Waals surface area contributed by atoms with Crippen LogP contribution in [-0.4, -0.2) is 29.9 Å². The van der Waals surface area contributed by atoms with Crippen molar-refractivity contribution in [2.75, 3.05) is 20.3 Å². The third kappa shape index (κ3) is 2.31. The molecule has 0 saturated carbocycles. The van der Waals surface area contributed by atoms with Gasteiger partial charge in [0.15, 0.2) is 0 Å². The second kappa shape index (κ2) is 5.76. The molecule has 1 aromatic heterocycles. The number of aromatic nitrogens is 2. The zero-order chi connectivity index (χ0) is 14.9. The van der Waals surface area contributed by atoms with E-state index in [9.17, 15) is 0 Å². The molecule has 1 aromatic carbocycles. The van der Waals surface area contributed by atoms with Crippen LogP contribution in [0.2, 0.25) is 0 Å². The van der Waals surface area contributed by atoms with Crippen LogP contribution in [0.15, 0.2) is 24.5 Å². The topological polar surface area (TPSA) is 36.3 Å². The van der Waals surface area contributed by atoms with Gasteiger partial charge in [-0.15, -0.1) is 0 Å². The quantitative estimate of drug-likeness (QED) is 0.871. The Hall–Kier alpha value is -1.81. The van der Waals surface area contributed by atoms with E-state index in [-0.39, 0.29) is 0 Å². The molecule has 116 valence electrons. The second-order valence-electron chi connectivity index (χ2n) is 6.18. The number of methoxy groups -OCH3 is 1. The third-order valence-corrected chi connectivity index (χ3v) is 4.91. The molecule has 0 N–H and O–H groups in total. The van der Waals surface area contributed by atoms with Gasteiger partial charge in [-0.05, 0) is 55.4 Å². The normalized spacial score (nSPS) is 18.4. The largest absolute Gasteiger partial charge is 0.496 e. The summed E-state index contributed by atoms with van der Waals surface area (Å²) in [6.45, 7) is 1.67. The van der Waals surface area contributed by atoms with Gasteiger partial charge in [0.1, 0.15) is 11.6 Å². The van der Waals surface area contributed by atoms with Crippen LogP contribution in [0.4, 0.5) is 0 Å². The smallest absolute Gasteiger partial charge is 0.143 e. The summed E-state index contributed by atoms with van der Waals surface area (Å²) in [5.41, 5.74) is 4.02. The Balaban J connectivity index is 1.77. The molecule has 2 aromatic rings. The summed E-state index contributed by atoms with van der Waals surface area (Å²) < 4.78 is 13.5. The Bertz CT molecular complexity index is 672. The van der Waals surface area contributed by atoms with Gasteiger partial charge in [-0.2, -0.15) is 0 Å². The van der Waals surface area contributed by atoms with Gasteiger partial charge >= 0.3 is 0 Å². The summed E-state index contributed by atoms with van der Waals surface area (Å²) in [6.07, 6.45) is 9.68. The van der Waals surface area contributed by atoms with E-state index >= 15 is 0 Å². The molecule has 1 aliphatic heterocycles. The van der Waals surface area contributed by atoms with Gasteiger partial charge < -0.3 is 14.0 Å². The molecular weight excluding hydrogens is 276 g/mol. The van der Waals surface area contributed by atoms with Crippen molar-refractivity contribution in [2.24, 2.45) is 0 Å². The van der Waals surface area contributed by atoms with Gasteiger partial charge in [-0.3, -0.25) is 0 Å². The Kier molecular flexibility index (Phi) is 3.62. The van der Waals surface area contributed by atoms with Gasteiger partial charge in [0, 0.05) is 31.6 Å². The van der Waals surface area contributed by atoms with E-state index in [1.807, 2.05) is 6.20 Å². The van der Waals surface area contributed by atoms with E-state index in [1.54, 1.807) is 7.11 Å². The van der Waals surface area contributed by atoms with Gasteiger partial charge in [0.25, 0.3) is 0 Å². The van der Waals surface area contributed by atoms with Crippen molar-refractivity contribution in [2.45, 2.75) is 38.1 Å². The standard InChI is InChI=1S/C18H22N2O2/c1-21-17-12-14-4-2-3-13(14)11-16(17)18-19-7-8-20(18)15-5-9-22-10-6-15/h7-8,11-12,15H,2-6,9-10H2,1H3. The molecule has 4 heteroatoms. The SMILES string of the molecule is COc1cc2c(cc1-c1nccn1C1CCOCC1)CCC2. The van der Waals surface area contributed by atoms with Crippen LogP contribution in [0.3, 0.4) is 0 Å². The van der Waals surface area contributed by atoms with E-state index in [0.717, 1.165) is 43.2 Å². The lowest BCUT2D eigenvalue weighted by atomic mass is 10.0. The van der Waals surface area contributed by atoms with Gasteiger partial charge in [0.2, 0.25) is 0 Å². The molecule has 2 heterocycles. The van der Waals surface area contributed by atoms with Crippen LogP contribution in [0.5, 0.6) is 5.75 Å². The van der Waals surface area contributed by atoms with Crippen molar-refractivity contribution in [1.29, 1.82) is 0 Å². The lowest BCUT2D eigenvalue weighted by Gasteiger charge is -2.25. The molecule has 0 amide bonds. The molecule has 0 atom stereocenters. The minimum absolute atomic E-state index is 0.476. The Morgan fingerprint density at radius 2 is 1.95 bits per heavy atom. The average molecular weight is 298 g/mol. The van der Waals surface area contributed by atoms with Crippen molar-refractivity contribution in [1.82, 2.24) is 9.55 Å². The first-order valence-corrected chi connectivity index (χ1v) is 8.17. The fourth-order valence-corrected chi connectivity index (χ4v) is 3.72.